The zero-order valence-corrected chi connectivity index (χ0v) is 13.7. The maximum absolute atomic E-state index is 11.8. The lowest BCUT2D eigenvalue weighted by molar-refractivity contribution is 0.307. The highest BCUT2D eigenvalue weighted by Gasteiger charge is 2.12. The van der Waals surface area contributed by atoms with E-state index in [-0.39, 0.29) is 5.75 Å². The third kappa shape index (κ3) is 8.86. The first kappa shape index (κ1) is 17.2. The molecule has 1 fully saturated rings. The molecule has 0 unspecified atom stereocenters. The second-order valence-electron chi connectivity index (χ2n) is 5.13. The Bertz CT molecular complexity index is 328. The quantitative estimate of drug-likeness (QED) is 0.602. The van der Waals surface area contributed by atoms with Gasteiger partial charge >= 0.3 is 0 Å². The van der Waals surface area contributed by atoms with Gasteiger partial charge in [0.2, 0.25) is 10.0 Å². The van der Waals surface area contributed by atoms with Gasteiger partial charge < -0.3 is 10.2 Å². The molecular formula is C12H27N3O2S2. The number of hydrogen-bond donors (Lipinski definition) is 2. The molecule has 0 atom stereocenters. The molecule has 2 N–H and O–H groups in total. The monoisotopic (exact) mass is 309 g/mol. The van der Waals surface area contributed by atoms with E-state index in [9.17, 15) is 8.42 Å². The second kappa shape index (κ2) is 9.18. The topological polar surface area (TPSA) is 61.4 Å². The fourth-order valence-corrected chi connectivity index (χ4v) is 3.96. The lowest BCUT2D eigenvalue weighted by Crippen LogP contribution is -2.40. The van der Waals surface area contributed by atoms with Crippen LogP contribution in [0.3, 0.4) is 0 Å². The Morgan fingerprint density at radius 3 is 2.53 bits per heavy atom. The summed E-state index contributed by atoms with van der Waals surface area (Å²) < 4.78 is 26.2. The lowest BCUT2D eigenvalue weighted by atomic mass is 10.4. The first-order valence-corrected chi connectivity index (χ1v) is 9.81. The predicted octanol–water partition coefficient (Wildman–Crippen LogP) is 0.343. The fourth-order valence-electron chi connectivity index (χ4n) is 1.91. The van der Waals surface area contributed by atoms with Crippen LogP contribution < -0.4 is 10.0 Å². The summed E-state index contributed by atoms with van der Waals surface area (Å²) in [7, 11) is -3.10. The molecular weight excluding hydrogens is 282 g/mol. The average Bonchev–Trinajstić information content (AvgIpc) is 2.36. The van der Waals surface area contributed by atoms with E-state index in [0.29, 0.717) is 19.0 Å². The second-order valence-corrected chi connectivity index (χ2v) is 8.28. The summed E-state index contributed by atoms with van der Waals surface area (Å²) in [6.45, 7) is 8.37. The number of rotatable bonds is 9. The SMILES string of the molecule is CC(C)NCCCS(=O)(=O)NCCN1CCSCC1. The highest BCUT2D eigenvalue weighted by molar-refractivity contribution is 7.99. The Morgan fingerprint density at radius 1 is 1.21 bits per heavy atom. The van der Waals surface area contributed by atoms with Crippen LogP contribution in [0.4, 0.5) is 0 Å². The third-order valence-corrected chi connectivity index (χ3v) is 5.41. The van der Waals surface area contributed by atoms with E-state index in [4.69, 9.17) is 0 Å². The van der Waals surface area contributed by atoms with Gasteiger partial charge in [0.05, 0.1) is 5.75 Å². The van der Waals surface area contributed by atoms with Gasteiger partial charge in [-0.2, -0.15) is 11.8 Å². The number of thioether (sulfide) groups is 1. The van der Waals surface area contributed by atoms with E-state index in [0.717, 1.165) is 37.7 Å². The van der Waals surface area contributed by atoms with Gasteiger partial charge in [0, 0.05) is 43.7 Å². The van der Waals surface area contributed by atoms with E-state index in [1.165, 1.54) is 0 Å². The molecule has 0 radical (unpaired) electrons. The van der Waals surface area contributed by atoms with Gasteiger partial charge in [0.1, 0.15) is 0 Å². The van der Waals surface area contributed by atoms with Gasteiger partial charge in [0.25, 0.3) is 0 Å². The molecule has 0 aliphatic carbocycles. The Morgan fingerprint density at radius 2 is 1.89 bits per heavy atom. The van der Waals surface area contributed by atoms with E-state index in [2.05, 4.69) is 28.8 Å². The van der Waals surface area contributed by atoms with Crippen LogP contribution >= 0.6 is 11.8 Å². The predicted molar refractivity (Wildman–Crippen MR) is 83.3 cm³/mol. The van der Waals surface area contributed by atoms with Crippen molar-refractivity contribution in [3.05, 3.63) is 0 Å². The molecule has 1 saturated heterocycles. The van der Waals surface area contributed by atoms with Crippen LogP contribution in [0.1, 0.15) is 20.3 Å². The zero-order valence-electron chi connectivity index (χ0n) is 12.0. The molecule has 1 heterocycles. The molecule has 1 aliphatic heterocycles. The Hall–Kier alpha value is 0.180. The van der Waals surface area contributed by atoms with Crippen molar-refractivity contribution in [2.75, 3.05) is 50.0 Å². The maximum Gasteiger partial charge on any atom is 0.211 e. The summed E-state index contributed by atoms with van der Waals surface area (Å²) in [6, 6.07) is 0.410. The summed E-state index contributed by atoms with van der Waals surface area (Å²) >= 11 is 1.97. The van der Waals surface area contributed by atoms with Gasteiger partial charge in [-0.05, 0) is 13.0 Å². The molecule has 114 valence electrons. The molecule has 1 aliphatic rings. The molecule has 1 rings (SSSR count). The Balaban J connectivity index is 2.08. The van der Waals surface area contributed by atoms with Crippen molar-refractivity contribution in [3.8, 4) is 0 Å². The summed E-state index contributed by atoms with van der Waals surface area (Å²) in [5.74, 6) is 2.53. The highest BCUT2D eigenvalue weighted by atomic mass is 32.2. The van der Waals surface area contributed by atoms with Crippen LogP contribution in [-0.4, -0.2) is 69.3 Å². The van der Waals surface area contributed by atoms with E-state index in [1.807, 2.05) is 11.8 Å². The molecule has 5 nitrogen and oxygen atoms in total. The van der Waals surface area contributed by atoms with Crippen molar-refractivity contribution in [2.45, 2.75) is 26.3 Å². The molecule has 0 aromatic carbocycles. The van der Waals surface area contributed by atoms with Crippen LogP contribution in [0.2, 0.25) is 0 Å². The van der Waals surface area contributed by atoms with Gasteiger partial charge in [0.15, 0.2) is 0 Å². The van der Waals surface area contributed by atoms with Crippen LogP contribution in [0.15, 0.2) is 0 Å². The van der Waals surface area contributed by atoms with Crippen molar-refractivity contribution < 1.29 is 8.42 Å². The van der Waals surface area contributed by atoms with Crippen molar-refractivity contribution in [1.29, 1.82) is 0 Å². The van der Waals surface area contributed by atoms with Gasteiger partial charge in [-0.15, -0.1) is 0 Å². The van der Waals surface area contributed by atoms with Gasteiger partial charge in [-0.1, -0.05) is 13.8 Å². The van der Waals surface area contributed by atoms with E-state index >= 15 is 0 Å². The average molecular weight is 310 g/mol. The van der Waals surface area contributed by atoms with Crippen LogP contribution in [0, 0.1) is 0 Å². The summed E-state index contributed by atoms with van der Waals surface area (Å²) in [5.41, 5.74) is 0. The Kier molecular flexibility index (Phi) is 8.32. The minimum atomic E-state index is -3.10. The van der Waals surface area contributed by atoms with E-state index < -0.39 is 10.0 Å². The molecule has 7 heteroatoms. The number of nitrogens with one attached hydrogen (secondary N) is 2. The number of sulfonamides is 1. The molecule has 0 spiro atoms. The minimum Gasteiger partial charge on any atom is -0.314 e. The first-order valence-electron chi connectivity index (χ1n) is 7.00. The molecule has 0 bridgehead atoms. The smallest absolute Gasteiger partial charge is 0.211 e. The van der Waals surface area contributed by atoms with Crippen LogP contribution in [0.5, 0.6) is 0 Å². The van der Waals surface area contributed by atoms with Crippen LogP contribution in [-0.2, 0) is 10.0 Å². The standard InChI is InChI=1S/C12H27N3O2S2/c1-12(2)13-4-3-11-19(16,17)14-5-6-15-7-9-18-10-8-15/h12-14H,3-11H2,1-2H3. The molecule has 0 aromatic heterocycles. The van der Waals surface area contributed by atoms with Gasteiger partial charge in [-0.3, -0.25) is 0 Å². The third-order valence-electron chi connectivity index (χ3n) is 3.00. The van der Waals surface area contributed by atoms with Gasteiger partial charge in [-0.25, -0.2) is 13.1 Å². The first-order chi connectivity index (χ1) is 8.99. The number of nitrogens with zero attached hydrogens (tertiary/aromatic N) is 1. The summed E-state index contributed by atoms with van der Waals surface area (Å²) in [6.07, 6.45) is 0.661. The van der Waals surface area contributed by atoms with E-state index in [1.54, 1.807) is 0 Å². The molecule has 0 amide bonds. The largest absolute Gasteiger partial charge is 0.314 e. The normalized spacial score (nSPS) is 18.1. The zero-order chi connectivity index (χ0) is 14.1. The fraction of sp³-hybridized carbons (Fsp3) is 1.00. The molecule has 0 aromatic rings. The molecule has 0 saturated carbocycles. The summed E-state index contributed by atoms with van der Waals surface area (Å²) in [5, 5.41) is 3.22. The van der Waals surface area contributed by atoms with Crippen molar-refractivity contribution in [2.24, 2.45) is 0 Å². The highest BCUT2D eigenvalue weighted by Crippen LogP contribution is 2.07. The lowest BCUT2D eigenvalue weighted by Gasteiger charge is -2.25. The van der Waals surface area contributed by atoms with Crippen molar-refractivity contribution in [3.63, 3.8) is 0 Å². The number of hydrogen-bond acceptors (Lipinski definition) is 5. The van der Waals surface area contributed by atoms with Crippen LogP contribution in [0.25, 0.3) is 0 Å². The van der Waals surface area contributed by atoms with Crippen molar-refractivity contribution in [1.82, 2.24) is 14.9 Å². The summed E-state index contributed by atoms with van der Waals surface area (Å²) in [4.78, 5) is 2.32. The van der Waals surface area contributed by atoms with Crippen molar-refractivity contribution >= 4 is 21.8 Å². The maximum atomic E-state index is 11.8. The Labute approximate surface area is 121 Å². The minimum absolute atomic E-state index is 0.211. The molecule has 19 heavy (non-hydrogen) atoms.